The van der Waals surface area contributed by atoms with Gasteiger partial charge in [-0.1, -0.05) is 30.3 Å². The smallest absolute Gasteiger partial charge is 0.175 e. The van der Waals surface area contributed by atoms with Gasteiger partial charge in [0.25, 0.3) is 0 Å². The average molecular weight is 287 g/mol. The van der Waals surface area contributed by atoms with Gasteiger partial charge in [0.2, 0.25) is 0 Å². The summed E-state index contributed by atoms with van der Waals surface area (Å²) in [6.45, 7) is 0.884. The molecule has 20 heavy (non-hydrogen) atoms. The number of fused-ring (bicyclic) bond motifs is 1. The Hall–Kier alpha value is -1.81. The van der Waals surface area contributed by atoms with Crippen molar-refractivity contribution in [2.24, 2.45) is 0 Å². The molecule has 0 saturated carbocycles. The van der Waals surface area contributed by atoms with E-state index >= 15 is 0 Å². The molecule has 0 bridgehead atoms. The van der Waals surface area contributed by atoms with Crippen LogP contribution in [0.3, 0.4) is 0 Å². The quantitative estimate of drug-likeness (QED) is 0.924. The standard InChI is InChI=1S/C16H17NO2S/c1-20(18,19)15-8-6-12(7-9-15)14-10-13-4-2-3-5-16(13)17-11-14/h2-9,14,17H,10-11H2,1H3. The average Bonchev–Trinajstić information content (AvgIpc) is 2.46. The van der Waals surface area contributed by atoms with Crippen LogP contribution in [0.15, 0.2) is 53.4 Å². The van der Waals surface area contributed by atoms with Gasteiger partial charge in [0, 0.05) is 24.4 Å². The molecule has 0 aliphatic carbocycles. The Bertz CT molecular complexity index is 720. The maximum Gasteiger partial charge on any atom is 0.175 e. The summed E-state index contributed by atoms with van der Waals surface area (Å²) in [4.78, 5) is 0.380. The summed E-state index contributed by atoms with van der Waals surface area (Å²) in [7, 11) is -3.11. The van der Waals surface area contributed by atoms with Crippen LogP contribution in [0.25, 0.3) is 0 Å². The van der Waals surface area contributed by atoms with Crippen LogP contribution in [0, 0.1) is 0 Å². The minimum atomic E-state index is -3.11. The van der Waals surface area contributed by atoms with E-state index in [-0.39, 0.29) is 0 Å². The zero-order chi connectivity index (χ0) is 14.2. The molecule has 1 N–H and O–H groups in total. The van der Waals surface area contributed by atoms with Gasteiger partial charge in [0.15, 0.2) is 9.84 Å². The predicted octanol–water partition coefficient (Wildman–Crippen LogP) is 2.84. The van der Waals surface area contributed by atoms with Gasteiger partial charge in [-0.15, -0.1) is 0 Å². The van der Waals surface area contributed by atoms with Gasteiger partial charge >= 0.3 is 0 Å². The number of nitrogens with one attached hydrogen (secondary N) is 1. The van der Waals surface area contributed by atoms with Crippen molar-refractivity contribution < 1.29 is 8.42 Å². The van der Waals surface area contributed by atoms with Crippen molar-refractivity contribution in [2.45, 2.75) is 17.2 Å². The number of anilines is 1. The highest BCUT2D eigenvalue weighted by molar-refractivity contribution is 7.90. The molecule has 0 radical (unpaired) electrons. The second-order valence-corrected chi connectivity index (χ2v) is 7.30. The molecular weight excluding hydrogens is 270 g/mol. The van der Waals surface area contributed by atoms with E-state index in [1.165, 1.54) is 23.1 Å². The lowest BCUT2D eigenvalue weighted by Crippen LogP contribution is -2.21. The maximum absolute atomic E-state index is 11.5. The van der Waals surface area contributed by atoms with E-state index in [1.807, 2.05) is 18.2 Å². The van der Waals surface area contributed by atoms with Crippen LogP contribution in [-0.4, -0.2) is 21.2 Å². The molecule has 2 aromatic carbocycles. The lowest BCUT2D eigenvalue weighted by molar-refractivity contribution is 0.601. The lowest BCUT2D eigenvalue weighted by atomic mass is 9.88. The summed E-state index contributed by atoms with van der Waals surface area (Å²) < 4.78 is 22.9. The number of benzene rings is 2. The molecule has 1 heterocycles. The fourth-order valence-electron chi connectivity index (χ4n) is 2.66. The fourth-order valence-corrected chi connectivity index (χ4v) is 3.29. The summed E-state index contributed by atoms with van der Waals surface area (Å²) in [6.07, 6.45) is 2.22. The number of hydrogen-bond acceptors (Lipinski definition) is 3. The molecule has 2 aromatic rings. The van der Waals surface area contributed by atoms with Crippen LogP contribution in [-0.2, 0) is 16.3 Å². The minimum absolute atomic E-state index is 0.380. The number of hydrogen-bond donors (Lipinski definition) is 1. The van der Waals surface area contributed by atoms with Crippen molar-refractivity contribution in [3.63, 3.8) is 0 Å². The van der Waals surface area contributed by atoms with Crippen LogP contribution in [0.1, 0.15) is 17.0 Å². The summed E-state index contributed by atoms with van der Waals surface area (Å²) in [5, 5.41) is 3.44. The maximum atomic E-state index is 11.5. The molecule has 3 rings (SSSR count). The molecule has 0 fully saturated rings. The predicted molar refractivity (Wildman–Crippen MR) is 80.9 cm³/mol. The molecule has 0 spiro atoms. The van der Waals surface area contributed by atoms with Gasteiger partial charge in [-0.3, -0.25) is 0 Å². The third-order valence-electron chi connectivity index (χ3n) is 3.80. The van der Waals surface area contributed by atoms with Gasteiger partial charge in [-0.2, -0.15) is 0 Å². The first-order valence-corrected chi connectivity index (χ1v) is 8.55. The van der Waals surface area contributed by atoms with Crippen molar-refractivity contribution in [3.05, 3.63) is 59.7 Å². The topological polar surface area (TPSA) is 46.2 Å². The zero-order valence-electron chi connectivity index (χ0n) is 11.3. The number of rotatable bonds is 2. The second-order valence-electron chi connectivity index (χ2n) is 5.28. The van der Waals surface area contributed by atoms with Crippen molar-refractivity contribution in [3.8, 4) is 0 Å². The van der Waals surface area contributed by atoms with Gasteiger partial charge in [-0.05, 0) is 35.7 Å². The van der Waals surface area contributed by atoms with Crippen molar-refractivity contribution in [1.29, 1.82) is 0 Å². The van der Waals surface area contributed by atoms with E-state index in [0.29, 0.717) is 10.8 Å². The van der Waals surface area contributed by atoms with Crippen molar-refractivity contribution in [1.82, 2.24) is 0 Å². The molecule has 1 aliphatic rings. The lowest BCUT2D eigenvalue weighted by Gasteiger charge is -2.26. The van der Waals surface area contributed by atoms with Gasteiger partial charge in [0.1, 0.15) is 0 Å². The molecule has 1 unspecified atom stereocenters. The molecule has 1 aliphatic heterocycles. The van der Waals surface area contributed by atoms with Gasteiger partial charge in [-0.25, -0.2) is 8.42 Å². The van der Waals surface area contributed by atoms with E-state index in [2.05, 4.69) is 23.5 Å². The summed E-state index contributed by atoms with van der Waals surface area (Å²) in [6, 6.07) is 15.6. The SMILES string of the molecule is CS(=O)(=O)c1ccc(C2CNc3ccccc3C2)cc1. The van der Waals surface area contributed by atoms with Gasteiger partial charge < -0.3 is 5.32 Å². The molecule has 3 nitrogen and oxygen atoms in total. The van der Waals surface area contributed by atoms with Crippen LogP contribution < -0.4 is 5.32 Å². The summed E-state index contributed by atoms with van der Waals surface area (Å²) in [5.41, 5.74) is 3.70. The second kappa shape index (κ2) is 4.94. The molecule has 0 saturated heterocycles. The normalized spacial score (nSPS) is 18.1. The third-order valence-corrected chi connectivity index (χ3v) is 4.93. The first-order valence-electron chi connectivity index (χ1n) is 6.66. The third kappa shape index (κ3) is 2.56. The van der Waals surface area contributed by atoms with Crippen LogP contribution >= 0.6 is 0 Å². The fraction of sp³-hybridized carbons (Fsp3) is 0.250. The minimum Gasteiger partial charge on any atom is -0.384 e. The van der Waals surface area contributed by atoms with E-state index in [4.69, 9.17) is 0 Å². The largest absolute Gasteiger partial charge is 0.384 e. The monoisotopic (exact) mass is 287 g/mol. The first-order chi connectivity index (χ1) is 9.54. The van der Waals surface area contributed by atoms with Crippen LogP contribution in [0.4, 0.5) is 5.69 Å². The Morgan fingerprint density at radius 1 is 1.05 bits per heavy atom. The van der Waals surface area contributed by atoms with Gasteiger partial charge in [0.05, 0.1) is 4.90 Å². The van der Waals surface area contributed by atoms with Crippen LogP contribution in [0.5, 0.6) is 0 Å². The molecule has 0 amide bonds. The molecule has 4 heteroatoms. The molecule has 0 aromatic heterocycles. The molecular formula is C16H17NO2S. The molecule has 1 atom stereocenters. The summed E-state index contributed by atoms with van der Waals surface area (Å²) in [5.74, 6) is 0.388. The van der Waals surface area contributed by atoms with E-state index < -0.39 is 9.84 Å². The Balaban J connectivity index is 1.85. The van der Waals surface area contributed by atoms with Crippen LogP contribution in [0.2, 0.25) is 0 Å². The Kier molecular flexibility index (Phi) is 3.26. The first kappa shape index (κ1) is 13.2. The van der Waals surface area contributed by atoms with Crippen molar-refractivity contribution in [2.75, 3.05) is 18.1 Å². The summed E-state index contributed by atoms with van der Waals surface area (Å²) >= 11 is 0. The highest BCUT2D eigenvalue weighted by Gasteiger charge is 2.19. The molecule has 104 valence electrons. The Labute approximate surface area is 119 Å². The van der Waals surface area contributed by atoms with Crippen molar-refractivity contribution >= 4 is 15.5 Å². The highest BCUT2D eigenvalue weighted by atomic mass is 32.2. The number of para-hydroxylation sites is 1. The Morgan fingerprint density at radius 3 is 2.45 bits per heavy atom. The Morgan fingerprint density at radius 2 is 1.75 bits per heavy atom. The van der Waals surface area contributed by atoms with E-state index in [9.17, 15) is 8.42 Å². The number of sulfone groups is 1. The highest BCUT2D eigenvalue weighted by Crippen LogP contribution is 2.30. The van der Waals surface area contributed by atoms with E-state index in [0.717, 1.165) is 13.0 Å². The van der Waals surface area contributed by atoms with E-state index in [1.54, 1.807) is 12.1 Å². The zero-order valence-corrected chi connectivity index (χ0v) is 12.2.